The van der Waals surface area contributed by atoms with Crippen LogP contribution in [0.1, 0.15) is 11.1 Å². The first-order valence-corrected chi connectivity index (χ1v) is 4.63. The summed E-state index contributed by atoms with van der Waals surface area (Å²) in [4.78, 5) is 0. The van der Waals surface area contributed by atoms with Crippen LogP contribution in [0.15, 0.2) is 24.3 Å². The van der Waals surface area contributed by atoms with E-state index in [0.717, 1.165) is 6.07 Å². The van der Waals surface area contributed by atoms with E-state index in [2.05, 4.69) is 25.9 Å². The molecule has 0 spiro atoms. The summed E-state index contributed by atoms with van der Waals surface area (Å²) in [5.74, 6) is 0.0296. The van der Waals surface area contributed by atoms with Crippen molar-refractivity contribution in [3.05, 3.63) is 40.7 Å². The lowest BCUT2D eigenvalue weighted by Crippen LogP contribution is -2.08. The summed E-state index contributed by atoms with van der Waals surface area (Å²) in [7, 11) is 0. The standard InChI is InChI=1S/C9H7F3N5/c10-9(11,12)7-4-2-1-3-6(7)5-13-8-14-16-17-15-8/h1-4H,5H2,(H-,13,14,15,16,17)/q-1. The lowest BCUT2D eigenvalue weighted by Gasteiger charge is -2.14. The van der Waals surface area contributed by atoms with Crippen molar-refractivity contribution in [1.82, 2.24) is 20.6 Å². The highest BCUT2D eigenvalue weighted by Crippen LogP contribution is 2.33. The van der Waals surface area contributed by atoms with Crippen LogP contribution in [0.4, 0.5) is 19.1 Å². The summed E-state index contributed by atoms with van der Waals surface area (Å²) in [5.41, 5.74) is -0.628. The third kappa shape index (κ3) is 2.71. The number of nitrogens with one attached hydrogen (secondary N) is 1. The number of H-pyrrole nitrogens is 1. The predicted molar refractivity (Wildman–Crippen MR) is 52.3 cm³/mol. The van der Waals surface area contributed by atoms with Crippen molar-refractivity contribution < 1.29 is 13.2 Å². The predicted octanol–water partition coefficient (Wildman–Crippen LogP) is 2.42. The zero-order chi connectivity index (χ0) is 12.3. The summed E-state index contributed by atoms with van der Waals surface area (Å²) in [5, 5.41) is 16.3. The molecule has 0 saturated heterocycles. The van der Waals surface area contributed by atoms with E-state index in [4.69, 9.17) is 0 Å². The number of aromatic amines is 1. The maximum atomic E-state index is 12.6. The van der Waals surface area contributed by atoms with Gasteiger partial charge in [0.1, 0.15) is 0 Å². The first-order valence-electron chi connectivity index (χ1n) is 4.63. The second-order valence-electron chi connectivity index (χ2n) is 3.18. The van der Waals surface area contributed by atoms with Gasteiger partial charge in [0, 0.05) is 6.54 Å². The van der Waals surface area contributed by atoms with Crippen LogP contribution < -0.4 is 0 Å². The minimum Gasteiger partial charge on any atom is -0.386 e. The van der Waals surface area contributed by atoms with Gasteiger partial charge in [-0.1, -0.05) is 18.2 Å². The minimum absolute atomic E-state index is 0.0296. The molecule has 0 radical (unpaired) electrons. The molecule has 17 heavy (non-hydrogen) atoms. The van der Waals surface area contributed by atoms with Crippen LogP contribution in [0.2, 0.25) is 0 Å². The van der Waals surface area contributed by atoms with Gasteiger partial charge in [-0.15, -0.1) is 5.21 Å². The Balaban J connectivity index is 2.16. The van der Waals surface area contributed by atoms with E-state index in [-0.39, 0.29) is 18.1 Å². The van der Waals surface area contributed by atoms with Crippen molar-refractivity contribution in [3.8, 4) is 0 Å². The van der Waals surface area contributed by atoms with Gasteiger partial charge in [-0.3, -0.25) is 15.4 Å². The van der Waals surface area contributed by atoms with Crippen molar-refractivity contribution in [2.45, 2.75) is 12.7 Å². The SMILES string of the molecule is FC(F)(F)c1ccccc1C[N-]c1nn[nH]n1. The average molecular weight is 242 g/mol. The van der Waals surface area contributed by atoms with E-state index < -0.39 is 11.7 Å². The molecule has 8 heteroatoms. The summed E-state index contributed by atoms with van der Waals surface area (Å²) in [6.45, 7) is -0.144. The van der Waals surface area contributed by atoms with Crippen LogP contribution in [0.25, 0.3) is 5.32 Å². The van der Waals surface area contributed by atoms with Crippen molar-refractivity contribution in [3.63, 3.8) is 0 Å². The maximum Gasteiger partial charge on any atom is 0.416 e. The molecule has 0 aliphatic heterocycles. The fourth-order valence-corrected chi connectivity index (χ4v) is 1.31. The van der Waals surface area contributed by atoms with Crippen LogP contribution >= 0.6 is 0 Å². The number of hydrogen-bond donors (Lipinski definition) is 1. The number of alkyl halides is 3. The molecule has 0 aliphatic carbocycles. The zero-order valence-electron chi connectivity index (χ0n) is 8.44. The Hall–Kier alpha value is -2.12. The molecule has 0 saturated carbocycles. The number of tetrazole rings is 1. The average Bonchev–Trinajstić information content (AvgIpc) is 2.78. The number of hydrogen-bond acceptors (Lipinski definition) is 3. The second-order valence-corrected chi connectivity index (χ2v) is 3.18. The fourth-order valence-electron chi connectivity index (χ4n) is 1.31. The molecule has 5 nitrogen and oxygen atoms in total. The van der Waals surface area contributed by atoms with Crippen molar-refractivity contribution in [2.24, 2.45) is 0 Å². The summed E-state index contributed by atoms with van der Waals surface area (Å²) in [6, 6.07) is 5.24. The topological polar surface area (TPSA) is 68.6 Å². The van der Waals surface area contributed by atoms with Crippen LogP contribution in [0.5, 0.6) is 0 Å². The van der Waals surface area contributed by atoms with Crippen LogP contribution in [0, 0.1) is 0 Å². The smallest absolute Gasteiger partial charge is 0.386 e. The Morgan fingerprint density at radius 2 is 2.00 bits per heavy atom. The van der Waals surface area contributed by atoms with E-state index >= 15 is 0 Å². The van der Waals surface area contributed by atoms with Crippen LogP contribution in [-0.4, -0.2) is 20.6 Å². The molecule has 0 unspecified atom stereocenters. The van der Waals surface area contributed by atoms with Crippen molar-refractivity contribution >= 4 is 5.95 Å². The van der Waals surface area contributed by atoms with E-state index in [9.17, 15) is 13.2 Å². The molecular weight excluding hydrogens is 235 g/mol. The maximum absolute atomic E-state index is 12.6. The molecule has 0 bridgehead atoms. The summed E-state index contributed by atoms with van der Waals surface area (Å²) in [6.07, 6.45) is -4.39. The van der Waals surface area contributed by atoms with Crippen molar-refractivity contribution in [1.29, 1.82) is 0 Å². The van der Waals surface area contributed by atoms with Gasteiger partial charge in [-0.05, 0) is 11.6 Å². The Morgan fingerprint density at radius 1 is 1.24 bits per heavy atom. The van der Waals surface area contributed by atoms with E-state index in [0.29, 0.717) is 0 Å². The summed E-state index contributed by atoms with van der Waals surface area (Å²) >= 11 is 0. The Bertz CT molecular complexity index is 480. The quantitative estimate of drug-likeness (QED) is 0.898. The monoisotopic (exact) mass is 242 g/mol. The highest BCUT2D eigenvalue weighted by Gasteiger charge is 2.32. The molecule has 2 aromatic rings. The minimum atomic E-state index is -4.39. The van der Waals surface area contributed by atoms with Crippen LogP contribution in [0.3, 0.4) is 0 Å². The van der Waals surface area contributed by atoms with Gasteiger partial charge >= 0.3 is 6.18 Å². The van der Waals surface area contributed by atoms with Gasteiger partial charge in [0.15, 0.2) is 0 Å². The number of nitrogens with zero attached hydrogens (tertiary/aromatic N) is 4. The number of rotatable bonds is 3. The second kappa shape index (κ2) is 4.40. The fraction of sp³-hybridized carbons (Fsp3) is 0.222. The third-order valence-corrected chi connectivity index (χ3v) is 2.05. The molecule has 0 atom stereocenters. The molecular formula is C9H7F3N5-. The molecule has 1 heterocycles. The highest BCUT2D eigenvalue weighted by molar-refractivity contribution is 5.36. The lowest BCUT2D eigenvalue weighted by molar-refractivity contribution is -0.138. The first kappa shape index (κ1) is 11.4. The number of benzene rings is 1. The molecule has 0 aliphatic rings. The lowest BCUT2D eigenvalue weighted by atomic mass is 10.1. The molecule has 1 aromatic carbocycles. The van der Waals surface area contributed by atoms with Gasteiger partial charge in [0.2, 0.25) is 0 Å². The van der Waals surface area contributed by atoms with Crippen molar-refractivity contribution in [2.75, 3.05) is 0 Å². The molecule has 0 amide bonds. The Morgan fingerprint density at radius 3 is 2.65 bits per heavy atom. The zero-order valence-corrected chi connectivity index (χ0v) is 8.44. The van der Waals surface area contributed by atoms with Crippen LogP contribution in [-0.2, 0) is 12.7 Å². The largest absolute Gasteiger partial charge is 0.416 e. The van der Waals surface area contributed by atoms with Gasteiger partial charge in [-0.25, -0.2) is 0 Å². The molecule has 1 N–H and O–H groups in total. The van der Waals surface area contributed by atoms with E-state index in [1.165, 1.54) is 18.2 Å². The Kier molecular flexibility index (Phi) is 2.94. The molecule has 0 fully saturated rings. The molecule has 90 valence electrons. The van der Waals surface area contributed by atoms with Gasteiger partial charge in [-0.2, -0.15) is 13.2 Å². The number of aromatic nitrogens is 4. The van der Waals surface area contributed by atoms with Gasteiger partial charge in [0.05, 0.1) is 11.5 Å². The first-order chi connectivity index (χ1) is 8.07. The number of halogens is 3. The summed E-state index contributed by atoms with van der Waals surface area (Å²) < 4.78 is 37.9. The Labute approximate surface area is 94.0 Å². The van der Waals surface area contributed by atoms with E-state index in [1.54, 1.807) is 0 Å². The van der Waals surface area contributed by atoms with Gasteiger partial charge < -0.3 is 5.32 Å². The third-order valence-electron chi connectivity index (χ3n) is 2.05. The normalized spacial score (nSPS) is 11.5. The van der Waals surface area contributed by atoms with E-state index in [1.807, 2.05) is 0 Å². The van der Waals surface area contributed by atoms with Gasteiger partial charge in [0.25, 0.3) is 0 Å². The molecule has 1 aromatic heterocycles. The molecule has 2 rings (SSSR count). The highest BCUT2D eigenvalue weighted by atomic mass is 19.4.